The molecule has 0 radical (unpaired) electrons. The average molecular weight is 219 g/mol. The fourth-order valence-corrected chi connectivity index (χ4v) is 1.66. The Morgan fingerprint density at radius 2 is 2.31 bits per heavy atom. The van der Waals surface area contributed by atoms with E-state index in [2.05, 4.69) is 4.98 Å². The van der Waals surface area contributed by atoms with Crippen molar-refractivity contribution in [3.05, 3.63) is 30.1 Å². The number of likely N-dealkylation sites (N-methyl/N-ethyl adjacent to an activating group) is 1. The zero-order valence-electron chi connectivity index (χ0n) is 9.52. The van der Waals surface area contributed by atoms with Gasteiger partial charge in [-0.2, -0.15) is 0 Å². The molecule has 16 heavy (non-hydrogen) atoms. The average Bonchev–Trinajstić information content (AvgIpc) is 3.06. The summed E-state index contributed by atoms with van der Waals surface area (Å²) in [5.74, 6) is 0.0587. The van der Waals surface area contributed by atoms with E-state index in [1.807, 2.05) is 18.2 Å². The van der Waals surface area contributed by atoms with Crippen LogP contribution in [0.1, 0.15) is 18.5 Å². The standard InChI is InChI=1S/C12H17N3O/c1-15(11(16)12(13)6-7-12)9-5-10-4-2-3-8-14-10/h2-4,8H,5-7,9,13H2,1H3. The molecule has 0 atom stereocenters. The van der Waals surface area contributed by atoms with Crippen LogP contribution in [0.25, 0.3) is 0 Å². The molecule has 1 fully saturated rings. The Morgan fingerprint density at radius 1 is 1.56 bits per heavy atom. The highest BCUT2D eigenvalue weighted by Gasteiger charge is 2.47. The van der Waals surface area contributed by atoms with Crippen LogP contribution in [-0.4, -0.2) is 34.9 Å². The van der Waals surface area contributed by atoms with Crippen LogP contribution >= 0.6 is 0 Å². The molecule has 1 saturated carbocycles. The zero-order chi connectivity index (χ0) is 11.6. The van der Waals surface area contributed by atoms with Gasteiger partial charge in [-0.3, -0.25) is 9.78 Å². The molecule has 0 spiro atoms. The van der Waals surface area contributed by atoms with Crippen molar-refractivity contribution in [2.75, 3.05) is 13.6 Å². The minimum Gasteiger partial charge on any atom is -0.344 e. The molecule has 0 aromatic carbocycles. The van der Waals surface area contributed by atoms with Crippen molar-refractivity contribution < 1.29 is 4.79 Å². The van der Waals surface area contributed by atoms with E-state index in [0.29, 0.717) is 6.54 Å². The molecule has 4 heteroatoms. The number of nitrogens with zero attached hydrogens (tertiary/aromatic N) is 2. The van der Waals surface area contributed by atoms with Gasteiger partial charge in [0, 0.05) is 31.9 Å². The van der Waals surface area contributed by atoms with Crippen LogP contribution in [0.15, 0.2) is 24.4 Å². The van der Waals surface area contributed by atoms with E-state index in [0.717, 1.165) is 25.0 Å². The molecule has 1 aliphatic rings. The summed E-state index contributed by atoms with van der Waals surface area (Å²) in [7, 11) is 1.80. The summed E-state index contributed by atoms with van der Waals surface area (Å²) in [6.07, 6.45) is 4.18. The number of rotatable bonds is 4. The second kappa shape index (κ2) is 4.22. The van der Waals surface area contributed by atoms with Gasteiger partial charge in [-0.05, 0) is 25.0 Å². The molecule has 86 valence electrons. The van der Waals surface area contributed by atoms with Crippen LogP contribution in [0.4, 0.5) is 0 Å². The fraction of sp³-hybridized carbons (Fsp3) is 0.500. The summed E-state index contributed by atoms with van der Waals surface area (Å²) in [6, 6.07) is 5.81. The Morgan fingerprint density at radius 3 is 2.88 bits per heavy atom. The minimum atomic E-state index is -0.557. The predicted octanol–water partition coefficient (Wildman–Crippen LogP) is 0.574. The molecular formula is C12H17N3O. The highest BCUT2D eigenvalue weighted by atomic mass is 16.2. The first kappa shape index (κ1) is 11.1. The lowest BCUT2D eigenvalue weighted by atomic mass is 10.2. The van der Waals surface area contributed by atoms with Gasteiger partial charge in [0.15, 0.2) is 0 Å². The maximum absolute atomic E-state index is 11.8. The van der Waals surface area contributed by atoms with Crippen LogP contribution in [-0.2, 0) is 11.2 Å². The van der Waals surface area contributed by atoms with Gasteiger partial charge in [0.2, 0.25) is 5.91 Å². The molecular weight excluding hydrogens is 202 g/mol. The first-order valence-corrected chi connectivity index (χ1v) is 5.56. The maximum Gasteiger partial charge on any atom is 0.242 e. The normalized spacial score (nSPS) is 16.9. The van der Waals surface area contributed by atoms with E-state index in [4.69, 9.17) is 5.73 Å². The van der Waals surface area contributed by atoms with Crippen LogP contribution in [0.3, 0.4) is 0 Å². The lowest BCUT2D eigenvalue weighted by molar-refractivity contribution is -0.132. The molecule has 1 aromatic rings. The topological polar surface area (TPSA) is 59.2 Å². The number of amides is 1. The molecule has 1 heterocycles. The van der Waals surface area contributed by atoms with Crippen LogP contribution < -0.4 is 5.73 Å². The summed E-state index contributed by atoms with van der Waals surface area (Å²) in [6.45, 7) is 0.675. The molecule has 4 nitrogen and oxygen atoms in total. The lowest BCUT2D eigenvalue weighted by Gasteiger charge is -2.20. The molecule has 1 aliphatic carbocycles. The number of carbonyl (C=O) groups excluding carboxylic acids is 1. The van der Waals surface area contributed by atoms with Gasteiger partial charge in [-0.25, -0.2) is 0 Å². The Hall–Kier alpha value is -1.42. The molecule has 2 rings (SSSR count). The molecule has 1 aromatic heterocycles. The van der Waals surface area contributed by atoms with Crippen molar-refractivity contribution in [3.63, 3.8) is 0 Å². The number of hydrogen-bond acceptors (Lipinski definition) is 3. The Bertz CT molecular complexity index is 373. The SMILES string of the molecule is CN(CCc1ccccn1)C(=O)C1(N)CC1. The smallest absolute Gasteiger partial charge is 0.242 e. The Labute approximate surface area is 95.5 Å². The highest BCUT2D eigenvalue weighted by molar-refractivity contribution is 5.88. The van der Waals surface area contributed by atoms with Crippen molar-refractivity contribution in [3.8, 4) is 0 Å². The Kier molecular flexibility index (Phi) is 2.92. The quantitative estimate of drug-likeness (QED) is 0.805. The minimum absolute atomic E-state index is 0.0587. The van der Waals surface area contributed by atoms with E-state index < -0.39 is 5.54 Å². The third-order valence-electron chi connectivity index (χ3n) is 2.99. The van der Waals surface area contributed by atoms with Crippen molar-refractivity contribution >= 4 is 5.91 Å². The monoisotopic (exact) mass is 219 g/mol. The molecule has 0 bridgehead atoms. The predicted molar refractivity (Wildman–Crippen MR) is 61.7 cm³/mol. The zero-order valence-corrected chi connectivity index (χ0v) is 9.52. The summed E-state index contributed by atoms with van der Waals surface area (Å²) in [5.41, 5.74) is 6.30. The van der Waals surface area contributed by atoms with Crippen molar-refractivity contribution in [1.82, 2.24) is 9.88 Å². The van der Waals surface area contributed by atoms with Crippen molar-refractivity contribution in [2.24, 2.45) is 5.73 Å². The largest absolute Gasteiger partial charge is 0.344 e. The van der Waals surface area contributed by atoms with E-state index in [1.165, 1.54) is 0 Å². The van der Waals surface area contributed by atoms with E-state index in [9.17, 15) is 4.79 Å². The van der Waals surface area contributed by atoms with E-state index >= 15 is 0 Å². The van der Waals surface area contributed by atoms with Crippen LogP contribution in [0.2, 0.25) is 0 Å². The fourth-order valence-electron chi connectivity index (χ4n) is 1.66. The lowest BCUT2D eigenvalue weighted by Crippen LogP contribution is -2.44. The molecule has 1 amide bonds. The van der Waals surface area contributed by atoms with Gasteiger partial charge >= 0.3 is 0 Å². The van der Waals surface area contributed by atoms with E-state index in [-0.39, 0.29) is 5.91 Å². The van der Waals surface area contributed by atoms with Gasteiger partial charge in [0.1, 0.15) is 0 Å². The first-order chi connectivity index (χ1) is 7.62. The molecule has 2 N–H and O–H groups in total. The van der Waals surface area contributed by atoms with Gasteiger partial charge in [0.05, 0.1) is 5.54 Å². The number of nitrogens with two attached hydrogens (primary N) is 1. The summed E-state index contributed by atoms with van der Waals surface area (Å²) in [4.78, 5) is 17.8. The number of aromatic nitrogens is 1. The number of hydrogen-bond donors (Lipinski definition) is 1. The van der Waals surface area contributed by atoms with Gasteiger partial charge < -0.3 is 10.6 Å². The summed E-state index contributed by atoms with van der Waals surface area (Å²) >= 11 is 0. The second-order valence-corrected chi connectivity index (χ2v) is 4.45. The van der Waals surface area contributed by atoms with Crippen molar-refractivity contribution in [1.29, 1.82) is 0 Å². The first-order valence-electron chi connectivity index (χ1n) is 5.56. The second-order valence-electron chi connectivity index (χ2n) is 4.45. The summed E-state index contributed by atoms with van der Waals surface area (Å²) in [5, 5.41) is 0. The van der Waals surface area contributed by atoms with Crippen molar-refractivity contribution in [2.45, 2.75) is 24.8 Å². The van der Waals surface area contributed by atoms with Gasteiger partial charge in [-0.15, -0.1) is 0 Å². The third kappa shape index (κ3) is 2.39. The number of carbonyl (C=O) groups is 1. The number of pyridine rings is 1. The van der Waals surface area contributed by atoms with Crippen LogP contribution in [0.5, 0.6) is 0 Å². The molecule has 0 aliphatic heterocycles. The van der Waals surface area contributed by atoms with E-state index in [1.54, 1.807) is 18.1 Å². The third-order valence-corrected chi connectivity index (χ3v) is 2.99. The molecule has 0 unspecified atom stereocenters. The van der Waals surface area contributed by atoms with Gasteiger partial charge in [-0.1, -0.05) is 6.07 Å². The summed E-state index contributed by atoms with van der Waals surface area (Å²) < 4.78 is 0. The highest BCUT2D eigenvalue weighted by Crippen LogP contribution is 2.33. The van der Waals surface area contributed by atoms with Crippen LogP contribution in [0, 0.1) is 0 Å². The maximum atomic E-state index is 11.8. The van der Waals surface area contributed by atoms with Gasteiger partial charge in [0.25, 0.3) is 0 Å². The molecule has 0 saturated heterocycles. The Balaban J connectivity index is 1.84.